The van der Waals surface area contributed by atoms with Crippen molar-refractivity contribution in [2.75, 3.05) is 35.3 Å². The van der Waals surface area contributed by atoms with Gasteiger partial charge in [-0.25, -0.2) is 0 Å². The van der Waals surface area contributed by atoms with Crippen LogP contribution < -0.4 is 29.7 Å². The van der Waals surface area contributed by atoms with Gasteiger partial charge in [-0.1, -0.05) is 0 Å². The Balaban J connectivity index is 1.28. The molecule has 0 unspecified atom stereocenters. The van der Waals surface area contributed by atoms with Crippen LogP contribution in [0.25, 0.3) is 0 Å². The van der Waals surface area contributed by atoms with Crippen LogP contribution in [0.15, 0.2) is 36.4 Å². The van der Waals surface area contributed by atoms with Gasteiger partial charge in [-0.2, -0.15) is 0 Å². The summed E-state index contributed by atoms with van der Waals surface area (Å²) in [7, 11) is 0. The third-order valence-corrected chi connectivity index (χ3v) is 5.51. The van der Waals surface area contributed by atoms with Crippen molar-refractivity contribution >= 4 is 34.8 Å². The summed E-state index contributed by atoms with van der Waals surface area (Å²) in [5.74, 6) is 0.661. The molecule has 0 spiro atoms. The van der Waals surface area contributed by atoms with E-state index in [2.05, 4.69) is 10.6 Å². The lowest BCUT2D eigenvalue weighted by molar-refractivity contribution is -0.122. The zero-order valence-electron chi connectivity index (χ0n) is 16.8. The molecule has 2 atom stereocenters. The van der Waals surface area contributed by atoms with Crippen molar-refractivity contribution in [2.24, 2.45) is 5.92 Å². The summed E-state index contributed by atoms with van der Waals surface area (Å²) in [5, 5.41) is 5.59. The maximum absolute atomic E-state index is 12.8. The van der Waals surface area contributed by atoms with Crippen molar-refractivity contribution in [3.63, 3.8) is 0 Å². The molecule has 31 heavy (non-hydrogen) atoms. The summed E-state index contributed by atoms with van der Waals surface area (Å²) in [6.07, 6.45) is -0.452. The van der Waals surface area contributed by atoms with Crippen LogP contribution in [0.4, 0.5) is 17.1 Å². The van der Waals surface area contributed by atoms with Gasteiger partial charge in [-0.15, -0.1) is 0 Å². The van der Waals surface area contributed by atoms with Crippen molar-refractivity contribution in [3.8, 4) is 17.2 Å². The van der Waals surface area contributed by atoms with Crippen molar-refractivity contribution in [3.05, 3.63) is 36.4 Å². The molecule has 3 amide bonds. The van der Waals surface area contributed by atoms with Gasteiger partial charge in [0.25, 0.3) is 5.91 Å². The highest BCUT2D eigenvalue weighted by Gasteiger charge is 2.36. The van der Waals surface area contributed by atoms with Gasteiger partial charge in [-0.3, -0.25) is 14.4 Å². The third kappa shape index (κ3) is 3.63. The lowest BCUT2D eigenvalue weighted by atomic mass is 10.1. The Morgan fingerprint density at radius 1 is 1.06 bits per heavy atom. The summed E-state index contributed by atoms with van der Waals surface area (Å²) < 4.78 is 16.6. The van der Waals surface area contributed by atoms with Crippen LogP contribution in [0.3, 0.4) is 0 Å². The molecule has 9 nitrogen and oxygen atoms in total. The molecule has 2 aromatic carbocycles. The Bertz CT molecular complexity index is 1080. The SMILES string of the molecule is C[C@@H]1Oc2ccc(NC(=O)[C@H]3CC(=O)N(c4ccc5c(c4)OCCO5)C3)cc2NC1=O. The Kier molecular flexibility index (Phi) is 4.65. The number of ether oxygens (including phenoxy) is 3. The first-order chi connectivity index (χ1) is 15.0. The Morgan fingerprint density at radius 2 is 1.84 bits per heavy atom. The van der Waals surface area contributed by atoms with Crippen molar-refractivity contribution in [2.45, 2.75) is 19.4 Å². The van der Waals surface area contributed by atoms with Gasteiger partial charge in [0.15, 0.2) is 17.6 Å². The van der Waals surface area contributed by atoms with Crippen molar-refractivity contribution < 1.29 is 28.6 Å². The molecule has 0 aliphatic carbocycles. The fourth-order valence-corrected chi connectivity index (χ4v) is 3.86. The molecule has 9 heteroatoms. The minimum Gasteiger partial charge on any atom is -0.486 e. The average molecular weight is 423 g/mol. The lowest BCUT2D eigenvalue weighted by Gasteiger charge is -2.24. The highest BCUT2D eigenvalue weighted by atomic mass is 16.6. The summed E-state index contributed by atoms with van der Waals surface area (Å²) in [6, 6.07) is 10.4. The number of hydrogen-bond acceptors (Lipinski definition) is 6. The van der Waals surface area contributed by atoms with Crippen LogP contribution in [-0.4, -0.2) is 43.6 Å². The highest BCUT2D eigenvalue weighted by Crippen LogP contribution is 2.36. The average Bonchev–Trinajstić information content (AvgIpc) is 3.16. The van der Waals surface area contributed by atoms with Gasteiger partial charge in [0, 0.05) is 30.4 Å². The minimum absolute atomic E-state index is 0.114. The minimum atomic E-state index is -0.566. The normalized spacial score (nSPS) is 21.8. The highest BCUT2D eigenvalue weighted by molar-refractivity contribution is 6.04. The van der Waals surface area contributed by atoms with E-state index in [1.54, 1.807) is 48.2 Å². The molecule has 0 radical (unpaired) electrons. The second-order valence-corrected chi connectivity index (χ2v) is 7.68. The number of benzene rings is 2. The van der Waals surface area contributed by atoms with E-state index in [0.29, 0.717) is 47.5 Å². The lowest BCUT2D eigenvalue weighted by Crippen LogP contribution is -2.34. The van der Waals surface area contributed by atoms with E-state index in [9.17, 15) is 14.4 Å². The molecular weight excluding hydrogens is 402 g/mol. The van der Waals surface area contributed by atoms with E-state index in [-0.39, 0.29) is 30.7 Å². The predicted octanol–water partition coefficient (Wildman–Crippen LogP) is 2.17. The van der Waals surface area contributed by atoms with Crippen molar-refractivity contribution in [1.82, 2.24) is 0 Å². The molecule has 3 aliphatic heterocycles. The number of anilines is 3. The summed E-state index contributed by atoms with van der Waals surface area (Å²) >= 11 is 0. The maximum atomic E-state index is 12.8. The van der Waals surface area contributed by atoms with E-state index in [0.717, 1.165) is 0 Å². The molecule has 2 N–H and O–H groups in total. The number of nitrogens with one attached hydrogen (secondary N) is 2. The van der Waals surface area contributed by atoms with E-state index in [4.69, 9.17) is 14.2 Å². The number of fused-ring (bicyclic) bond motifs is 2. The quantitative estimate of drug-likeness (QED) is 0.784. The van der Waals surface area contributed by atoms with Gasteiger partial charge in [0.2, 0.25) is 11.8 Å². The smallest absolute Gasteiger partial charge is 0.265 e. The molecule has 0 bridgehead atoms. The van der Waals surface area contributed by atoms with E-state index >= 15 is 0 Å². The van der Waals surface area contributed by atoms with E-state index < -0.39 is 12.0 Å². The van der Waals surface area contributed by atoms with Crippen LogP contribution in [0.2, 0.25) is 0 Å². The summed E-state index contributed by atoms with van der Waals surface area (Å²) in [4.78, 5) is 38.8. The standard InChI is InChI=1S/C22H21N3O6/c1-12-21(27)24-16-9-14(2-4-17(16)31-12)23-22(28)13-8-20(26)25(11-13)15-3-5-18-19(10-15)30-7-6-29-18/h2-5,9-10,12-13H,6-8,11H2,1H3,(H,23,28)(H,24,27)/t12-,13-/m0/s1. The zero-order chi connectivity index (χ0) is 21.5. The predicted molar refractivity (Wildman–Crippen MR) is 112 cm³/mol. The second kappa shape index (κ2) is 7.50. The van der Waals surface area contributed by atoms with Crippen LogP contribution in [0.1, 0.15) is 13.3 Å². The van der Waals surface area contributed by atoms with E-state index in [1.807, 2.05) is 0 Å². The van der Waals surface area contributed by atoms with Gasteiger partial charge in [-0.05, 0) is 37.3 Å². The summed E-state index contributed by atoms with van der Waals surface area (Å²) in [5.41, 5.74) is 1.70. The first-order valence-corrected chi connectivity index (χ1v) is 10.1. The second-order valence-electron chi connectivity index (χ2n) is 7.68. The van der Waals surface area contributed by atoms with Crippen LogP contribution in [0, 0.1) is 5.92 Å². The first kappa shape index (κ1) is 19.2. The zero-order valence-corrected chi connectivity index (χ0v) is 16.8. The summed E-state index contributed by atoms with van der Waals surface area (Å²) in [6.45, 7) is 2.89. The number of carbonyl (C=O) groups is 3. The van der Waals surface area contributed by atoms with E-state index in [1.165, 1.54) is 0 Å². The molecule has 3 heterocycles. The largest absolute Gasteiger partial charge is 0.486 e. The van der Waals surface area contributed by atoms with Crippen LogP contribution >= 0.6 is 0 Å². The van der Waals surface area contributed by atoms with Crippen LogP contribution in [-0.2, 0) is 14.4 Å². The number of hydrogen-bond donors (Lipinski definition) is 2. The maximum Gasteiger partial charge on any atom is 0.265 e. The molecular formula is C22H21N3O6. The van der Waals surface area contributed by atoms with Crippen LogP contribution in [0.5, 0.6) is 17.2 Å². The molecule has 0 aromatic heterocycles. The molecule has 2 aromatic rings. The van der Waals surface area contributed by atoms with Crippen molar-refractivity contribution in [1.29, 1.82) is 0 Å². The number of carbonyl (C=O) groups excluding carboxylic acids is 3. The van der Waals surface area contributed by atoms with Gasteiger partial charge < -0.3 is 29.7 Å². The number of nitrogens with zero attached hydrogens (tertiary/aromatic N) is 1. The third-order valence-electron chi connectivity index (χ3n) is 5.51. The first-order valence-electron chi connectivity index (χ1n) is 10.1. The molecule has 1 saturated heterocycles. The fraction of sp³-hybridized carbons (Fsp3) is 0.318. The Morgan fingerprint density at radius 3 is 2.68 bits per heavy atom. The topological polar surface area (TPSA) is 106 Å². The number of rotatable bonds is 3. The molecule has 3 aliphatic rings. The molecule has 0 saturated carbocycles. The molecule has 5 rings (SSSR count). The monoisotopic (exact) mass is 423 g/mol. The Hall–Kier alpha value is -3.75. The molecule has 1 fully saturated rings. The van der Waals surface area contributed by atoms with Gasteiger partial charge in [0.1, 0.15) is 19.0 Å². The van der Waals surface area contributed by atoms with Gasteiger partial charge >= 0.3 is 0 Å². The molecule has 160 valence electrons. The Labute approximate surface area is 178 Å². The van der Waals surface area contributed by atoms with Gasteiger partial charge in [0.05, 0.1) is 11.6 Å². The number of amides is 3. The fourth-order valence-electron chi connectivity index (χ4n) is 3.86.